The molecule has 1 unspecified atom stereocenters. The van der Waals surface area contributed by atoms with Gasteiger partial charge in [0, 0.05) is 25.2 Å². The van der Waals surface area contributed by atoms with E-state index >= 15 is 0 Å². The number of benzene rings is 1. The van der Waals surface area contributed by atoms with Crippen LogP contribution in [0.3, 0.4) is 0 Å². The predicted octanol–water partition coefficient (Wildman–Crippen LogP) is 2.87. The van der Waals surface area contributed by atoms with E-state index < -0.39 is 5.97 Å². The van der Waals surface area contributed by atoms with Gasteiger partial charge in [0.25, 0.3) is 0 Å². The molecule has 24 heavy (non-hydrogen) atoms. The first-order valence-electron chi connectivity index (χ1n) is 7.61. The van der Waals surface area contributed by atoms with Gasteiger partial charge in [0.15, 0.2) is 0 Å². The maximum atomic E-state index is 13.5. The maximum Gasteiger partial charge on any atom is 0.356 e. The molecule has 0 radical (unpaired) electrons. The summed E-state index contributed by atoms with van der Waals surface area (Å²) < 4.78 is 18.2. The van der Waals surface area contributed by atoms with Crippen molar-refractivity contribution in [3.8, 4) is 6.07 Å². The molecule has 0 spiro atoms. The Labute approximate surface area is 139 Å². The lowest BCUT2D eigenvalue weighted by molar-refractivity contribution is 0.0594. The van der Waals surface area contributed by atoms with Crippen molar-refractivity contribution in [1.82, 2.24) is 4.98 Å². The van der Waals surface area contributed by atoms with Crippen LogP contribution in [0.25, 0.3) is 0 Å². The molecular weight excluding hydrogens is 309 g/mol. The lowest BCUT2D eigenvalue weighted by Gasteiger charge is -2.20. The Morgan fingerprint density at radius 2 is 2.25 bits per heavy atom. The summed E-state index contributed by atoms with van der Waals surface area (Å²) in [6.07, 6.45) is 2.55. The second kappa shape index (κ2) is 6.67. The van der Waals surface area contributed by atoms with E-state index in [1.807, 2.05) is 11.0 Å². The molecule has 5 nitrogen and oxygen atoms in total. The van der Waals surface area contributed by atoms with Crippen LogP contribution in [-0.2, 0) is 4.74 Å². The predicted molar refractivity (Wildman–Crippen MR) is 86.3 cm³/mol. The second-order valence-electron chi connectivity index (χ2n) is 5.67. The van der Waals surface area contributed by atoms with Crippen molar-refractivity contribution < 1.29 is 13.9 Å². The van der Waals surface area contributed by atoms with Crippen molar-refractivity contribution in [2.45, 2.75) is 12.3 Å². The highest BCUT2D eigenvalue weighted by atomic mass is 19.1. The molecule has 2 aromatic rings. The summed E-state index contributed by atoms with van der Waals surface area (Å²) in [7, 11) is 1.32. The normalized spacial score (nSPS) is 16.7. The van der Waals surface area contributed by atoms with E-state index in [2.05, 4.69) is 15.8 Å². The fourth-order valence-corrected chi connectivity index (χ4v) is 2.98. The molecule has 1 fully saturated rings. The first kappa shape index (κ1) is 15.9. The molecule has 1 aromatic heterocycles. The van der Waals surface area contributed by atoms with E-state index in [4.69, 9.17) is 0 Å². The van der Waals surface area contributed by atoms with Gasteiger partial charge in [-0.1, -0.05) is 6.07 Å². The Bertz CT molecular complexity index is 799. The van der Waals surface area contributed by atoms with Crippen LogP contribution in [0.4, 0.5) is 10.1 Å². The van der Waals surface area contributed by atoms with Crippen LogP contribution in [-0.4, -0.2) is 31.2 Å². The van der Waals surface area contributed by atoms with Gasteiger partial charge in [0.05, 0.1) is 18.4 Å². The van der Waals surface area contributed by atoms with Gasteiger partial charge in [-0.05, 0) is 36.2 Å². The summed E-state index contributed by atoms with van der Waals surface area (Å²) in [4.78, 5) is 17.6. The molecule has 0 saturated carbocycles. The van der Waals surface area contributed by atoms with Crippen molar-refractivity contribution in [3.05, 3.63) is 59.2 Å². The minimum absolute atomic E-state index is 0.221. The smallest absolute Gasteiger partial charge is 0.356 e. The number of nitriles is 1. The topological polar surface area (TPSA) is 66.2 Å². The third-order valence-electron chi connectivity index (χ3n) is 4.26. The molecule has 122 valence electrons. The van der Waals surface area contributed by atoms with Crippen molar-refractivity contribution in [3.63, 3.8) is 0 Å². The maximum absolute atomic E-state index is 13.5. The van der Waals surface area contributed by atoms with E-state index in [-0.39, 0.29) is 17.4 Å². The fourth-order valence-electron chi connectivity index (χ4n) is 2.98. The van der Waals surface area contributed by atoms with Crippen molar-refractivity contribution in [2.24, 2.45) is 0 Å². The lowest BCUT2D eigenvalue weighted by Crippen LogP contribution is -2.20. The first-order valence-corrected chi connectivity index (χ1v) is 7.61. The number of rotatable bonds is 3. The largest absolute Gasteiger partial charge is 0.464 e. The molecular formula is C18H16FN3O2. The highest BCUT2D eigenvalue weighted by molar-refractivity contribution is 5.87. The summed E-state index contributed by atoms with van der Waals surface area (Å²) in [5, 5.41) is 9.21. The van der Waals surface area contributed by atoms with Gasteiger partial charge >= 0.3 is 5.97 Å². The summed E-state index contributed by atoms with van der Waals surface area (Å²) in [6, 6.07) is 9.82. The molecule has 1 aromatic carbocycles. The van der Waals surface area contributed by atoms with E-state index in [1.165, 1.54) is 25.3 Å². The molecule has 0 aliphatic carbocycles. The number of halogens is 1. The Hall–Kier alpha value is -2.94. The van der Waals surface area contributed by atoms with Gasteiger partial charge in [-0.25, -0.2) is 14.2 Å². The molecule has 6 heteroatoms. The minimum atomic E-state index is -0.465. The molecule has 1 atom stereocenters. The molecule has 0 bridgehead atoms. The zero-order chi connectivity index (χ0) is 17.1. The van der Waals surface area contributed by atoms with Crippen molar-refractivity contribution in [1.29, 1.82) is 5.26 Å². The highest BCUT2D eigenvalue weighted by Crippen LogP contribution is 2.32. The number of hydrogen-bond donors (Lipinski definition) is 0. The number of methoxy groups -OCH3 is 1. The van der Waals surface area contributed by atoms with Gasteiger partial charge in [-0.2, -0.15) is 5.26 Å². The number of anilines is 1. The van der Waals surface area contributed by atoms with Crippen LogP contribution in [0, 0.1) is 17.1 Å². The average molecular weight is 325 g/mol. The van der Waals surface area contributed by atoms with E-state index in [9.17, 15) is 14.4 Å². The van der Waals surface area contributed by atoms with Crippen LogP contribution in [0.15, 0.2) is 36.5 Å². The summed E-state index contributed by atoms with van der Waals surface area (Å²) in [5.41, 5.74) is 2.38. The van der Waals surface area contributed by atoms with Gasteiger partial charge in [-0.3, -0.25) is 0 Å². The number of hydrogen-bond acceptors (Lipinski definition) is 5. The zero-order valence-electron chi connectivity index (χ0n) is 13.2. The van der Waals surface area contributed by atoms with Gasteiger partial charge in [-0.15, -0.1) is 0 Å². The van der Waals surface area contributed by atoms with E-state index in [0.29, 0.717) is 17.8 Å². The Morgan fingerprint density at radius 3 is 2.92 bits per heavy atom. The standard InChI is InChI=1S/C18H16FN3O2/c1-24-18(23)16-5-3-13(10-21-16)14-6-7-22(11-14)17-8-15(19)4-2-12(17)9-20/h2-5,8,10,14H,6-7,11H2,1H3. The average Bonchev–Trinajstić information content (AvgIpc) is 3.11. The molecule has 1 saturated heterocycles. The first-order chi connectivity index (χ1) is 11.6. The van der Waals surface area contributed by atoms with E-state index in [0.717, 1.165) is 18.5 Å². The number of nitrogens with zero attached hydrogens (tertiary/aromatic N) is 3. The van der Waals surface area contributed by atoms with Crippen LogP contribution < -0.4 is 4.90 Å². The number of ether oxygens (including phenoxy) is 1. The third kappa shape index (κ3) is 3.06. The van der Waals surface area contributed by atoms with Gasteiger partial charge in [0.1, 0.15) is 17.6 Å². The van der Waals surface area contributed by atoms with Crippen LogP contribution in [0.2, 0.25) is 0 Å². The quantitative estimate of drug-likeness (QED) is 0.812. The van der Waals surface area contributed by atoms with E-state index in [1.54, 1.807) is 12.3 Å². The Morgan fingerprint density at radius 1 is 1.42 bits per heavy atom. The van der Waals surface area contributed by atoms with Gasteiger partial charge in [0.2, 0.25) is 0 Å². The third-order valence-corrected chi connectivity index (χ3v) is 4.26. The van der Waals surface area contributed by atoms with Crippen molar-refractivity contribution in [2.75, 3.05) is 25.1 Å². The van der Waals surface area contributed by atoms with Crippen LogP contribution in [0.1, 0.15) is 34.0 Å². The zero-order valence-corrected chi connectivity index (χ0v) is 13.2. The summed E-state index contributed by atoms with van der Waals surface area (Å²) in [6.45, 7) is 1.42. The Balaban J connectivity index is 1.77. The Kier molecular flexibility index (Phi) is 4.43. The number of carbonyl (C=O) groups is 1. The van der Waals surface area contributed by atoms with Crippen LogP contribution >= 0.6 is 0 Å². The molecule has 2 heterocycles. The monoisotopic (exact) mass is 325 g/mol. The molecule has 1 aliphatic rings. The fraction of sp³-hybridized carbons (Fsp3) is 0.278. The lowest BCUT2D eigenvalue weighted by atomic mass is 10.00. The van der Waals surface area contributed by atoms with Crippen LogP contribution in [0.5, 0.6) is 0 Å². The molecule has 1 aliphatic heterocycles. The summed E-state index contributed by atoms with van der Waals surface area (Å²) >= 11 is 0. The molecule has 3 rings (SSSR count). The molecule has 0 N–H and O–H groups in total. The highest BCUT2D eigenvalue weighted by Gasteiger charge is 2.26. The number of pyridine rings is 1. The number of aromatic nitrogens is 1. The second-order valence-corrected chi connectivity index (χ2v) is 5.67. The number of esters is 1. The molecule has 0 amide bonds. The van der Waals surface area contributed by atoms with Gasteiger partial charge < -0.3 is 9.64 Å². The minimum Gasteiger partial charge on any atom is -0.464 e. The van der Waals surface area contributed by atoms with Crippen molar-refractivity contribution >= 4 is 11.7 Å². The number of carbonyl (C=O) groups excluding carboxylic acids is 1. The summed E-state index contributed by atoms with van der Waals surface area (Å²) in [5.74, 6) is -0.594. The SMILES string of the molecule is COC(=O)c1ccc(C2CCN(c3cc(F)ccc3C#N)C2)cn1.